The second kappa shape index (κ2) is 11.6. The van der Waals surface area contributed by atoms with Gasteiger partial charge in [-0.15, -0.1) is 0 Å². The second-order valence-electron chi connectivity index (χ2n) is 8.81. The molecule has 3 aromatic carbocycles. The molecule has 0 radical (unpaired) electrons. The zero-order valence-corrected chi connectivity index (χ0v) is 23.5. The van der Waals surface area contributed by atoms with Crippen LogP contribution < -0.4 is 19.6 Å². The summed E-state index contributed by atoms with van der Waals surface area (Å²) in [5.41, 5.74) is 2.93. The summed E-state index contributed by atoms with van der Waals surface area (Å²) in [5.74, 6) is 0.0710. The molecule has 0 saturated heterocycles. The van der Waals surface area contributed by atoms with Gasteiger partial charge in [0.2, 0.25) is 0 Å². The Morgan fingerprint density at radius 2 is 1.82 bits per heavy atom. The first-order chi connectivity index (χ1) is 18.9. The minimum absolute atomic E-state index is 0.217. The highest BCUT2D eigenvalue weighted by Gasteiger charge is 2.33. The maximum atomic E-state index is 13.9. The van der Waals surface area contributed by atoms with Crippen LogP contribution in [-0.2, 0) is 16.1 Å². The molecule has 0 saturated carbocycles. The van der Waals surface area contributed by atoms with Crippen molar-refractivity contribution < 1.29 is 14.3 Å². The van der Waals surface area contributed by atoms with Crippen molar-refractivity contribution in [3.05, 3.63) is 130 Å². The molecule has 1 atom stereocenters. The number of thiazole rings is 1. The van der Waals surface area contributed by atoms with Crippen molar-refractivity contribution in [2.75, 3.05) is 6.61 Å². The molecule has 0 bridgehead atoms. The molecule has 0 N–H and O–H groups in total. The van der Waals surface area contributed by atoms with E-state index in [1.807, 2.05) is 48.5 Å². The number of ether oxygens (including phenoxy) is 2. The zero-order valence-electron chi connectivity index (χ0n) is 21.2. The van der Waals surface area contributed by atoms with Gasteiger partial charge in [0.1, 0.15) is 12.4 Å². The van der Waals surface area contributed by atoms with Crippen molar-refractivity contribution in [2.45, 2.75) is 26.5 Å². The lowest BCUT2D eigenvalue weighted by molar-refractivity contribution is -0.139. The Bertz CT molecular complexity index is 1760. The molecule has 2 heterocycles. The highest BCUT2D eigenvalue weighted by atomic mass is 35.5. The summed E-state index contributed by atoms with van der Waals surface area (Å²) in [7, 11) is 0. The molecule has 6 nitrogen and oxygen atoms in total. The quantitative estimate of drug-likeness (QED) is 0.264. The maximum absolute atomic E-state index is 13.9. The molecule has 39 heavy (non-hydrogen) atoms. The van der Waals surface area contributed by atoms with Gasteiger partial charge in [-0.05, 0) is 61.4 Å². The van der Waals surface area contributed by atoms with Crippen LogP contribution in [0, 0.1) is 0 Å². The number of esters is 1. The predicted octanol–water partition coefficient (Wildman–Crippen LogP) is 5.68. The van der Waals surface area contributed by atoms with Gasteiger partial charge in [0.15, 0.2) is 4.80 Å². The molecule has 198 valence electrons. The third kappa shape index (κ3) is 5.71. The molecule has 0 aliphatic carbocycles. The Morgan fingerprint density at radius 1 is 1.05 bits per heavy atom. The normalized spacial score (nSPS) is 15.1. The average Bonchev–Trinajstić information content (AvgIpc) is 3.22. The van der Waals surface area contributed by atoms with E-state index >= 15 is 0 Å². The van der Waals surface area contributed by atoms with Gasteiger partial charge in [-0.2, -0.15) is 0 Å². The van der Waals surface area contributed by atoms with Gasteiger partial charge >= 0.3 is 5.97 Å². The van der Waals surface area contributed by atoms with Gasteiger partial charge in [-0.1, -0.05) is 77.0 Å². The number of fused-ring (bicyclic) bond motifs is 1. The molecular weight excluding hydrogens is 555 g/mol. The second-order valence-corrected chi connectivity index (χ2v) is 10.7. The summed E-state index contributed by atoms with van der Waals surface area (Å²) in [5, 5.41) is 1.13. The lowest BCUT2D eigenvalue weighted by atomic mass is 9.96. The van der Waals surface area contributed by atoms with E-state index < -0.39 is 12.0 Å². The molecule has 0 amide bonds. The van der Waals surface area contributed by atoms with Crippen molar-refractivity contribution in [2.24, 2.45) is 4.99 Å². The minimum Gasteiger partial charge on any atom is -0.488 e. The fourth-order valence-electron chi connectivity index (χ4n) is 4.43. The predicted molar refractivity (Wildman–Crippen MR) is 154 cm³/mol. The number of hydrogen-bond acceptors (Lipinski definition) is 6. The number of benzene rings is 3. The Labute approximate surface area is 239 Å². The van der Waals surface area contributed by atoms with Crippen molar-refractivity contribution >= 4 is 46.6 Å². The van der Waals surface area contributed by atoms with Gasteiger partial charge < -0.3 is 9.47 Å². The summed E-state index contributed by atoms with van der Waals surface area (Å²) in [6.45, 7) is 4.02. The molecule has 0 unspecified atom stereocenters. The number of carbonyl (C=O) groups is 1. The smallest absolute Gasteiger partial charge is 0.338 e. The van der Waals surface area contributed by atoms with Crippen LogP contribution in [0.4, 0.5) is 0 Å². The lowest BCUT2D eigenvalue weighted by Gasteiger charge is -2.24. The van der Waals surface area contributed by atoms with Gasteiger partial charge in [-0.3, -0.25) is 9.36 Å². The van der Waals surface area contributed by atoms with Gasteiger partial charge in [0, 0.05) is 15.6 Å². The SMILES string of the molecule is CCOC(=O)C1=C(C)N=c2s/c(=C\c3cc(Cl)ccc3OCc3cccc(Cl)c3)c(=O)n2[C@H]1c1ccccc1. The van der Waals surface area contributed by atoms with Crippen LogP contribution in [0.5, 0.6) is 5.75 Å². The Kier molecular flexibility index (Phi) is 8.02. The fourth-order valence-corrected chi connectivity index (χ4v) is 5.87. The molecule has 0 fully saturated rings. The van der Waals surface area contributed by atoms with Crippen LogP contribution in [0.15, 0.2) is 93.9 Å². The Balaban J connectivity index is 1.61. The summed E-state index contributed by atoms with van der Waals surface area (Å²) in [6.07, 6.45) is 1.74. The standard InChI is InChI=1S/C30H24Cl2N2O4S/c1-3-37-29(36)26-18(2)33-30-34(27(26)20-9-5-4-6-10-20)28(35)25(39-30)16-21-15-23(32)12-13-24(21)38-17-19-8-7-11-22(31)14-19/h4-16,27H,3,17H2,1-2H3/b25-16-/t27-/m0/s1. The van der Waals surface area contributed by atoms with E-state index in [1.54, 1.807) is 48.8 Å². The molecule has 1 aromatic heterocycles. The summed E-state index contributed by atoms with van der Waals surface area (Å²) in [6, 6.07) is 21.4. The number of halogens is 2. The fraction of sp³-hybridized carbons (Fsp3) is 0.167. The molecule has 4 aromatic rings. The first-order valence-corrected chi connectivity index (χ1v) is 13.8. The van der Waals surface area contributed by atoms with E-state index in [-0.39, 0.29) is 12.2 Å². The van der Waals surface area contributed by atoms with E-state index in [9.17, 15) is 9.59 Å². The monoisotopic (exact) mass is 578 g/mol. The number of aromatic nitrogens is 1. The van der Waals surface area contributed by atoms with Gasteiger partial charge in [0.25, 0.3) is 5.56 Å². The van der Waals surface area contributed by atoms with Crippen LogP contribution in [0.1, 0.15) is 36.6 Å². The summed E-state index contributed by atoms with van der Waals surface area (Å²) in [4.78, 5) is 32.0. The highest BCUT2D eigenvalue weighted by molar-refractivity contribution is 7.07. The molecular formula is C30H24Cl2N2O4S. The largest absolute Gasteiger partial charge is 0.488 e. The average molecular weight is 580 g/mol. The minimum atomic E-state index is -0.665. The van der Waals surface area contributed by atoms with Gasteiger partial charge in [0.05, 0.1) is 28.5 Å². The van der Waals surface area contributed by atoms with E-state index in [4.69, 9.17) is 32.7 Å². The van der Waals surface area contributed by atoms with Crippen LogP contribution >= 0.6 is 34.5 Å². The zero-order chi connectivity index (χ0) is 27.5. The van der Waals surface area contributed by atoms with E-state index in [0.29, 0.717) is 48.6 Å². The Hall–Kier alpha value is -3.65. The first kappa shape index (κ1) is 26.9. The maximum Gasteiger partial charge on any atom is 0.338 e. The number of hydrogen-bond donors (Lipinski definition) is 0. The molecule has 9 heteroatoms. The molecule has 1 aliphatic heterocycles. The summed E-state index contributed by atoms with van der Waals surface area (Å²) < 4.78 is 13.4. The highest BCUT2D eigenvalue weighted by Crippen LogP contribution is 2.31. The third-order valence-electron chi connectivity index (χ3n) is 6.17. The molecule has 5 rings (SSSR count). The van der Waals surface area contributed by atoms with E-state index in [2.05, 4.69) is 4.99 Å². The topological polar surface area (TPSA) is 69.9 Å². The van der Waals surface area contributed by atoms with Crippen LogP contribution in [0.2, 0.25) is 10.0 Å². The summed E-state index contributed by atoms with van der Waals surface area (Å²) >= 11 is 13.7. The first-order valence-electron chi connectivity index (χ1n) is 12.3. The Morgan fingerprint density at radius 3 is 2.56 bits per heavy atom. The van der Waals surface area contributed by atoms with Crippen molar-refractivity contribution in [1.82, 2.24) is 4.57 Å². The molecule has 0 spiro atoms. The lowest BCUT2D eigenvalue weighted by Crippen LogP contribution is -2.39. The van der Waals surface area contributed by atoms with Crippen LogP contribution in [-0.4, -0.2) is 17.1 Å². The van der Waals surface area contributed by atoms with Crippen molar-refractivity contribution in [1.29, 1.82) is 0 Å². The van der Waals surface area contributed by atoms with Crippen molar-refractivity contribution in [3.8, 4) is 5.75 Å². The number of allylic oxidation sites excluding steroid dienone is 1. The van der Waals surface area contributed by atoms with Crippen molar-refractivity contribution in [3.63, 3.8) is 0 Å². The number of carbonyl (C=O) groups excluding carboxylic acids is 1. The molecule has 1 aliphatic rings. The van der Waals surface area contributed by atoms with E-state index in [1.165, 1.54) is 11.3 Å². The van der Waals surface area contributed by atoms with E-state index in [0.717, 1.165) is 11.1 Å². The number of nitrogens with zero attached hydrogens (tertiary/aromatic N) is 2. The number of rotatable bonds is 7. The van der Waals surface area contributed by atoms with Crippen LogP contribution in [0.3, 0.4) is 0 Å². The third-order valence-corrected chi connectivity index (χ3v) is 7.63. The van der Waals surface area contributed by atoms with Gasteiger partial charge in [-0.25, -0.2) is 9.79 Å². The van der Waals surface area contributed by atoms with Crippen LogP contribution in [0.25, 0.3) is 6.08 Å².